The second-order valence-corrected chi connectivity index (χ2v) is 5.51. The molecule has 0 aromatic carbocycles. The van der Waals surface area contributed by atoms with E-state index in [1.54, 1.807) is 4.90 Å². The lowest BCUT2D eigenvalue weighted by Gasteiger charge is -2.28. The van der Waals surface area contributed by atoms with Crippen molar-refractivity contribution in [1.29, 1.82) is 21.0 Å². The minimum Gasteiger partial charge on any atom is -0.480 e. The number of aliphatic carboxylic acids is 1. The Morgan fingerprint density at radius 1 is 0.800 bits per heavy atom. The predicted molar refractivity (Wildman–Crippen MR) is 89.6 cm³/mol. The molecule has 1 N–H and O–H groups in total. The molecule has 0 bridgehead atoms. The molecular weight excluding hydrogens is 320 g/mol. The quantitative estimate of drug-likeness (QED) is 0.500. The first-order valence-electron chi connectivity index (χ1n) is 8.27. The van der Waals surface area contributed by atoms with Crippen molar-refractivity contribution >= 4 is 5.97 Å². The van der Waals surface area contributed by atoms with Gasteiger partial charge in [-0.15, -0.1) is 0 Å². The summed E-state index contributed by atoms with van der Waals surface area (Å²) in [6.45, 7) is 2.37. The van der Waals surface area contributed by atoms with E-state index in [0.717, 1.165) is 0 Å². The minimum atomic E-state index is -0.962. The van der Waals surface area contributed by atoms with Gasteiger partial charge in [0.15, 0.2) is 0 Å². The largest absolute Gasteiger partial charge is 0.480 e. The molecule has 0 aromatic heterocycles. The summed E-state index contributed by atoms with van der Waals surface area (Å²) in [4.78, 5) is 15.2. The molecular formula is C17H24N6O2. The lowest BCUT2D eigenvalue weighted by Crippen LogP contribution is -2.42. The Bertz CT molecular complexity index is 515. The number of carboxylic acids is 1. The SMILES string of the molecule is N#CCCN(CCC#N)CCC[C@@H](C(=O)O)N(CCC#N)CCC#N. The van der Waals surface area contributed by atoms with E-state index in [9.17, 15) is 9.90 Å². The average Bonchev–Trinajstić information content (AvgIpc) is 2.60. The van der Waals surface area contributed by atoms with Crippen molar-refractivity contribution in [3.8, 4) is 24.3 Å². The van der Waals surface area contributed by atoms with Gasteiger partial charge in [-0.2, -0.15) is 21.0 Å². The molecule has 0 aliphatic carbocycles. The Morgan fingerprint density at radius 2 is 1.24 bits per heavy atom. The number of nitrogens with zero attached hydrogens (tertiary/aromatic N) is 6. The van der Waals surface area contributed by atoms with E-state index in [0.29, 0.717) is 58.4 Å². The Kier molecular flexibility index (Phi) is 13.3. The van der Waals surface area contributed by atoms with Gasteiger partial charge >= 0.3 is 5.97 Å². The maximum absolute atomic E-state index is 11.6. The predicted octanol–water partition coefficient (Wildman–Crippen LogP) is 1.48. The average molecular weight is 344 g/mol. The molecule has 8 heteroatoms. The zero-order valence-electron chi connectivity index (χ0n) is 14.4. The molecule has 134 valence electrons. The van der Waals surface area contributed by atoms with Crippen LogP contribution in [0.2, 0.25) is 0 Å². The molecule has 0 radical (unpaired) electrons. The van der Waals surface area contributed by atoms with Crippen molar-refractivity contribution in [2.45, 2.75) is 44.6 Å². The molecule has 0 fully saturated rings. The summed E-state index contributed by atoms with van der Waals surface area (Å²) >= 11 is 0. The van der Waals surface area contributed by atoms with Crippen LogP contribution in [-0.4, -0.2) is 59.6 Å². The summed E-state index contributed by atoms with van der Waals surface area (Å²) in [5.74, 6) is -0.962. The van der Waals surface area contributed by atoms with Crippen LogP contribution in [0.4, 0.5) is 0 Å². The van der Waals surface area contributed by atoms with Crippen molar-refractivity contribution in [3.63, 3.8) is 0 Å². The van der Waals surface area contributed by atoms with Gasteiger partial charge in [-0.3, -0.25) is 9.69 Å². The highest BCUT2D eigenvalue weighted by molar-refractivity contribution is 5.73. The van der Waals surface area contributed by atoms with E-state index in [-0.39, 0.29) is 12.8 Å². The van der Waals surface area contributed by atoms with Gasteiger partial charge < -0.3 is 10.0 Å². The fourth-order valence-electron chi connectivity index (χ4n) is 2.53. The molecule has 0 spiro atoms. The summed E-state index contributed by atoms with van der Waals surface area (Å²) in [6, 6.07) is 7.40. The van der Waals surface area contributed by atoms with Gasteiger partial charge in [0.05, 0.1) is 24.3 Å². The van der Waals surface area contributed by atoms with Crippen LogP contribution < -0.4 is 0 Å². The van der Waals surface area contributed by atoms with E-state index >= 15 is 0 Å². The number of hydrogen-bond acceptors (Lipinski definition) is 7. The van der Waals surface area contributed by atoms with E-state index in [1.807, 2.05) is 17.0 Å². The molecule has 25 heavy (non-hydrogen) atoms. The zero-order chi connectivity index (χ0) is 18.9. The highest BCUT2D eigenvalue weighted by Gasteiger charge is 2.24. The normalized spacial score (nSPS) is 11.3. The van der Waals surface area contributed by atoms with E-state index < -0.39 is 12.0 Å². The minimum absolute atomic E-state index is 0.214. The summed E-state index contributed by atoms with van der Waals surface area (Å²) in [7, 11) is 0. The van der Waals surface area contributed by atoms with Crippen molar-refractivity contribution in [3.05, 3.63) is 0 Å². The lowest BCUT2D eigenvalue weighted by atomic mass is 10.1. The van der Waals surface area contributed by atoms with Crippen LogP contribution >= 0.6 is 0 Å². The van der Waals surface area contributed by atoms with Gasteiger partial charge in [0.1, 0.15) is 6.04 Å². The summed E-state index contributed by atoms with van der Waals surface area (Å²) in [5, 5.41) is 44.3. The van der Waals surface area contributed by atoms with Crippen molar-refractivity contribution in [2.24, 2.45) is 0 Å². The number of carboxylic acid groups (broad SMARTS) is 1. The molecule has 0 aromatic rings. The Morgan fingerprint density at radius 3 is 1.64 bits per heavy atom. The number of carbonyl (C=O) groups is 1. The summed E-state index contributed by atoms with van der Waals surface area (Å²) in [5.41, 5.74) is 0. The third-order valence-electron chi connectivity index (χ3n) is 3.78. The van der Waals surface area contributed by atoms with Gasteiger partial charge in [-0.25, -0.2) is 0 Å². The Labute approximate surface area is 149 Å². The summed E-state index contributed by atoms with van der Waals surface area (Å²) < 4.78 is 0. The molecule has 1 atom stereocenters. The first-order chi connectivity index (χ1) is 12.1. The van der Waals surface area contributed by atoms with Gasteiger partial charge in [0.2, 0.25) is 0 Å². The van der Waals surface area contributed by atoms with Crippen LogP contribution in [-0.2, 0) is 4.79 Å². The van der Waals surface area contributed by atoms with Crippen LogP contribution in [0.3, 0.4) is 0 Å². The zero-order valence-corrected chi connectivity index (χ0v) is 14.4. The van der Waals surface area contributed by atoms with Gasteiger partial charge in [-0.05, 0) is 19.4 Å². The third kappa shape index (κ3) is 10.7. The summed E-state index contributed by atoms with van der Waals surface area (Å²) in [6.07, 6.45) is 2.15. The highest BCUT2D eigenvalue weighted by atomic mass is 16.4. The third-order valence-corrected chi connectivity index (χ3v) is 3.78. The molecule has 0 aliphatic rings. The molecule has 8 nitrogen and oxygen atoms in total. The fraction of sp³-hybridized carbons (Fsp3) is 0.706. The van der Waals surface area contributed by atoms with Crippen LogP contribution in [0.1, 0.15) is 38.5 Å². The van der Waals surface area contributed by atoms with E-state index in [4.69, 9.17) is 21.0 Å². The lowest BCUT2D eigenvalue weighted by molar-refractivity contribution is -0.143. The topological polar surface area (TPSA) is 139 Å². The van der Waals surface area contributed by atoms with E-state index in [2.05, 4.69) is 12.1 Å². The monoisotopic (exact) mass is 344 g/mol. The molecule has 0 saturated heterocycles. The number of hydrogen-bond donors (Lipinski definition) is 1. The Hall–Kier alpha value is -2.65. The number of nitriles is 4. The van der Waals surface area contributed by atoms with Crippen LogP contribution in [0.5, 0.6) is 0 Å². The number of rotatable bonds is 14. The smallest absolute Gasteiger partial charge is 0.320 e. The second-order valence-electron chi connectivity index (χ2n) is 5.51. The molecule has 0 aliphatic heterocycles. The first kappa shape index (κ1) is 22.4. The maximum atomic E-state index is 11.6. The van der Waals surface area contributed by atoms with Gasteiger partial charge in [0, 0.05) is 51.9 Å². The molecule has 0 heterocycles. The van der Waals surface area contributed by atoms with Gasteiger partial charge in [-0.1, -0.05) is 0 Å². The highest BCUT2D eigenvalue weighted by Crippen LogP contribution is 2.11. The van der Waals surface area contributed by atoms with Crippen LogP contribution in [0.15, 0.2) is 0 Å². The van der Waals surface area contributed by atoms with Crippen molar-refractivity contribution in [2.75, 3.05) is 32.7 Å². The van der Waals surface area contributed by atoms with Gasteiger partial charge in [0.25, 0.3) is 0 Å². The first-order valence-corrected chi connectivity index (χ1v) is 8.27. The molecule has 0 saturated carbocycles. The molecule has 0 unspecified atom stereocenters. The fourth-order valence-corrected chi connectivity index (χ4v) is 2.53. The van der Waals surface area contributed by atoms with Crippen molar-refractivity contribution in [1.82, 2.24) is 9.80 Å². The second kappa shape index (κ2) is 14.9. The maximum Gasteiger partial charge on any atom is 0.320 e. The standard InChI is InChI=1S/C17H24N6O2/c18-7-2-12-22(13-3-8-19)11-1-6-16(17(24)25)23(14-4-9-20)15-5-10-21/h16H,1-6,11-15H2,(H,24,25)/t16-/m0/s1. The van der Waals surface area contributed by atoms with E-state index in [1.165, 1.54) is 0 Å². The van der Waals surface area contributed by atoms with Crippen molar-refractivity contribution < 1.29 is 9.90 Å². The van der Waals surface area contributed by atoms with Crippen LogP contribution in [0, 0.1) is 45.3 Å². The van der Waals surface area contributed by atoms with Crippen LogP contribution in [0.25, 0.3) is 0 Å². The molecule has 0 amide bonds. The molecule has 0 rings (SSSR count). The Balaban J connectivity index is 4.67.